The van der Waals surface area contributed by atoms with Gasteiger partial charge in [-0.05, 0) is 0 Å². The van der Waals surface area contributed by atoms with E-state index in [4.69, 9.17) is 5.11 Å². The summed E-state index contributed by atoms with van der Waals surface area (Å²) in [6.45, 7) is 2.58. The van der Waals surface area contributed by atoms with Crippen molar-refractivity contribution in [2.45, 2.75) is 12.5 Å². The molecule has 10 heavy (non-hydrogen) atoms. The van der Waals surface area contributed by atoms with Gasteiger partial charge in [0.2, 0.25) is 0 Å². The number of aliphatic carboxylic acids is 1. The van der Waals surface area contributed by atoms with E-state index in [2.05, 4.69) is 10.6 Å². The fourth-order valence-corrected chi connectivity index (χ4v) is 1.07. The van der Waals surface area contributed by atoms with Crippen LogP contribution in [0, 0.1) is 0 Å². The van der Waals surface area contributed by atoms with Gasteiger partial charge in [-0.2, -0.15) is 0 Å². The topological polar surface area (TPSA) is 61.4 Å². The summed E-state index contributed by atoms with van der Waals surface area (Å²) in [6, 6.07) is 0.117. The molecule has 1 atom stereocenters. The lowest BCUT2D eigenvalue weighted by atomic mass is 10.2. The van der Waals surface area contributed by atoms with Gasteiger partial charge in [0.25, 0.3) is 0 Å². The van der Waals surface area contributed by atoms with Crippen molar-refractivity contribution in [3.8, 4) is 0 Å². The normalized spacial score (nSPS) is 26.2. The summed E-state index contributed by atoms with van der Waals surface area (Å²) in [5.41, 5.74) is 0. The van der Waals surface area contributed by atoms with Crippen molar-refractivity contribution in [2.75, 3.05) is 19.6 Å². The molecule has 1 saturated heterocycles. The third-order valence-corrected chi connectivity index (χ3v) is 1.55. The Morgan fingerprint density at radius 3 is 2.90 bits per heavy atom. The van der Waals surface area contributed by atoms with E-state index in [-0.39, 0.29) is 12.5 Å². The second-order valence-electron chi connectivity index (χ2n) is 2.45. The Balaban J connectivity index is 2.19. The maximum atomic E-state index is 10.2. The third kappa shape index (κ3) is 2.33. The number of piperazine rings is 1. The Morgan fingerprint density at radius 2 is 2.40 bits per heavy atom. The van der Waals surface area contributed by atoms with Gasteiger partial charge in [0.05, 0.1) is 6.42 Å². The quantitative estimate of drug-likeness (QED) is 0.466. The third-order valence-electron chi connectivity index (χ3n) is 1.55. The molecule has 0 saturated carbocycles. The first-order valence-electron chi connectivity index (χ1n) is 3.45. The molecule has 0 aromatic rings. The molecule has 0 aromatic carbocycles. The highest BCUT2D eigenvalue weighted by Crippen LogP contribution is 1.92. The molecule has 1 aliphatic heterocycles. The fraction of sp³-hybridized carbons (Fsp3) is 0.833. The number of carboxylic acids is 1. The zero-order valence-corrected chi connectivity index (χ0v) is 5.76. The van der Waals surface area contributed by atoms with Crippen molar-refractivity contribution >= 4 is 5.97 Å². The smallest absolute Gasteiger partial charge is 0.304 e. The lowest BCUT2D eigenvalue weighted by Gasteiger charge is -2.22. The second-order valence-corrected chi connectivity index (χ2v) is 2.45. The maximum Gasteiger partial charge on any atom is 0.304 e. The highest BCUT2D eigenvalue weighted by molar-refractivity contribution is 5.67. The zero-order chi connectivity index (χ0) is 7.40. The molecule has 1 aliphatic rings. The monoisotopic (exact) mass is 144 g/mol. The van der Waals surface area contributed by atoms with Gasteiger partial charge in [0.1, 0.15) is 0 Å². The molecule has 1 rings (SSSR count). The summed E-state index contributed by atoms with van der Waals surface area (Å²) in [4.78, 5) is 10.2. The number of hydrogen-bond acceptors (Lipinski definition) is 3. The molecule has 0 spiro atoms. The van der Waals surface area contributed by atoms with Gasteiger partial charge >= 0.3 is 5.97 Å². The van der Waals surface area contributed by atoms with Crippen molar-refractivity contribution in [3.63, 3.8) is 0 Å². The van der Waals surface area contributed by atoms with Crippen molar-refractivity contribution in [2.24, 2.45) is 0 Å². The Hall–Kier alpha value is -0.610. The first-order chi connectivity index (χ1) is 4.79. The molecular weight excluding hydrogens is 132 g/mol. The molecule has 1 heterocycles. The van der Waals surface area contributed by atoms with Crippen LogP contribution in [-0.4, -0.2) is 36.8 Å². The predicted octanol–water partition coefficient (Wildman–Crippen LogP) is -0.977. The first kappa shape index (κ1) is 7.50. The number of carboxylic acid groups (broad SMARTS) is 1. The van der Waals surface area contributed by atoms with E-state index in [9.17, 15) is 4.79 Å². The second kappa shape index (κ2) is 3.53. The van der Waals surface area contributed by atoms with Crippen LogP contribution in [0.15, 0.2) is 0 Å². The molecule has 4 nitrogen and oxygen atoms in total. The summed E-state index contributed by atoms with van der Waals surface area (Å²) in [5.74, 6) is -0.735. The molecule has 0 radical (unpaired) electrons. The van der Waals surface area contributed by atoms with Gasteiger partial charge < -0.3 is 15.7 Å². The molecule has 4 heteroatoms. The number of hydrogen-bond donors (Lipinski definition) is 3. The summed E-state index contributed by atoms with van der Waals surface area (Å²) in [6.07, 6.45) is 0.215. The van der Waals surface area contributed by atoms with Gasteiger partial charge in [-0.15, -0.1) is 0 Å². The van der Waals surface area contributed by atoms with Gasteiger partial charge in [0, 0.05) is 25.7 Å². The van der Waals surface area contributed by atoms with Gasteiger partial charge in [-0.3, -0.25) is 4.79 Å². The lowest BCUT2D eigenvalue weighted by Crippen LogP contribution is -2.49. The van der Waals surface area contributed by atoms with Gasteiger partial charge in [0.15, 0.2) is 0 Å². The van der Waals surface area contributed by atoms with Crippen LogP contribution in [-0.2, 0) is 4.79 Å². The van der Waals surface area contributed by atoms with E-state index in [1.54, 1.807) is 0 Å². The molecule has 1 fully saturated rings. The summed E-state index contributed by atoms with van der Waals surface area (Å²) < 4.78 is 0. The minimum Gasteiger partial charge on any atom is -0.481 e. The Bertz CT molecular complexity index is 121. The van der Waals surface area contributed by atoms with E-state index in [1.165, 1.54) is 0 Å². The average molecular weight is 144 g/mol. The Kier molecular flexibility index (Phi) is 2.65. The molecular formula is C6H12N2O2. The van der Waals surface area contributed by atoms with E-state index >= 15 is 0 Å². The van der Waals surface area contributed by atoms with Crippen LogP contribution < -0.4 is 10.6 Å². The minimum absolute atomic E-state index is 0.117. The fourth-order valence-electron chi connectivity index (χ4n) is 1.07. The van der Waals surface area contributed by atoms with Crippen LogP contribution in [0.1, 0.15) is 6.42 Å². The lowest BCUT2D eigenvalue weighted by molar-refractivity contribution is -0.137. The summed E-state index contributed by atoms with van der Waals surface area (Å²) in [7, 11) is 0. The summed E-state index contributed by atoms with van der Waals surface area (Å²) >= 11 is 0. The molecule has 0 amide bonds. The van der Waals surface area contributed by atoms with Crippen molar-refractivity contribution in [1.29, 1.82) is 0 Å². The minimum atomic E-state index is -0.735. The highest BCUT2D eigenvalue weighted by Gasteiger charge is 2.14. The molecule has 3 N–H and O–H groups in total. The van der Waals surface area contributed by atoms with E-state index < -0.39 is 5.97 Å². The van der Waals surface area contributed by atoms with Gasteiger partial charge in [-0.25, -0.2) is 0 Å². The van der Waals surface area contributed by atoms with Crippen molar-refractivity contribution in [3.05, 3.63) is 0 Å². The summed E-state index contributed by atoms with van der Waals surface area (Å²) in [5, 5.41) is 14.6. The molecule has 58 valence electrons. The number of nitrogens with one attached hydrogen (secondary N) is 2. The highest BCUT2D eigenvalue weighted by atomic mass is 16.4. The van der Waals surface area contributed by atoms with E-state index in [0.29, 0.717) is 0 Å². The number of rotatable bonds is 2. The van der Waals surface area contributed by atoms with Crippen LogP contribution in [0.4, 0.5) is 0 Å². The SMILES string of the molecule is O=C(O)C[C@@H]1CNCCN1. The van der Waals surface area contributed by atoms with Crippen LogP contribution in [0.2, 0.25) is 0 Å². The van der Waals surface area contributed by atoms with Crippen molar-refractivity contribution < 1.29 is 9.90 Å². The first-order valence-corrected chi connectivity index (χ1v) is 3.45. The van der Waals surface area contributed by atoms with Crippen LogP contribution in [0.5, 0.6) is 0 Å². The van der Waals surface area contributed by atoms with Crippen LogP contribution >= 0.6 is 0 Å². The number of carbonyl (C=O) groups is 1. The zero-order valence-electron chi connectivity index (χ0n) is 5.76. The Labute approximate surface area is 59.6 Å². The maximum absolute atomic E-state index is 10.2. The Morgan fingerprint density at radius 1 is 1.60 bits per heavy atom. The van der Waals surface area contributed by atoms with Crippen molar-refractivity contribution in [1.82, 2.24) is 10.6 Å². The average Bonchev–Trinajstić information content (AvgIpc) is 1.88. The molecule has 0 bridgehead atoms. The standard InChI is InChI=1S/C6H12N2O2/c9-6(10)3-5-4-7-1-2-8-5/h5,7-8H,1-4H2,(H,9,10)/t5-/m1/s1. The van der Waals surface area contributed by atoms with E-state index in [0.717, 1.165) is 19.6 Å². The van der Waals surface area contributed by atoms with Gasteiger partial charge in [-0.1, -0.05) is 0 Å². The van der Waals surface area contributed by atoms with Crippen LogP contribution in [0.25, 0.3) is 0 Å². The molecule has 0 aliphatic carbocycles. The van der Waals surface area contributed by atoms with Crippen LogP contribution in [0.3, 0.4) is 0 Å². The largest absolute Gasteiger partial charge is 0.481 e. The molecule has 0 unspecified atom stereocenters. The predicted molar refractivity (Wildman–Crippen MR) is 36.9 cm³/mol. The van der Waals surface area contributed by atoms with E-state index in [1.807, 2.05) is 0 Å². The molecule has 0 aromatic heterocycles.